The number of carboxylic acids is 1. The summed E-state index contributed by atoms with van der Waals surface area (Å²) in [5.74, 6) is -0.908. The van der Waals surface area contributed by atoms with Gasteiger partial charge in [-0.25, -0.2) is 0 Å². The van der Waals surface area contributed by atoms with E-state index >= 15 is 0 Å². The van der Waals surface area contributed by atoms with Crippen LogP contribution in [-0.2, 0) is 4.79 Å². The van der Waals surface area contributed by atoms with Crippen molar-refractivity contribution in [2.75, 3.05) is 0 Å². The van der Waals surface area contributed by atoms with E-state index in [1.165, 1.54) is 0 Å². The van der Waals surface area contributed by atoms with Gasteiger partial charge in [0.15, 0.2) is 0 Å². The molecule has 5 heteroatoms. The smallest absolute Gasteiger partial charge is 0.303 e. The third kappa shape index (κ3) is 7.15. The lowest BCUT2D eigenvalue weighted by Crippen LogP contribution is -2.10. The molecule has 0 spiro atoms. The van der Waals surface area contributed by atoms with Crippen molar-refractivity contribution < 1.29 is 9.90 Å². The molecule has 0 aliphatic carbocycles. The Bertz CT molecular complexity index is 200. The zero-order valence-corrected chi connectivity index (χ0v) is 7.81. The molecule has 5 nitrogen and oxygen atoms in total. The summed E-state index contributed by atoms with van der Waals surface area (Å²) in [5, 5.41) is 11.9. The highest BCUT2D eigenvalue weighted by Crippen LogP contribution is 2.10. The molecule has 0 aliphatic heterocycles. The number of carboxylic acid groups (broad SMARTS) is 1. The van der Waals surface area contributed by atoms with E-state index in [1.807, 2.05) is 0 Å². The van der Waals surface area contributed by atoms with E-state index in [2.05, 4.69) is 16.9 Å². The van der Waals surface area contributed by atoms with Crippen LogP contribution >= 0.6 is 0 Å². The van der Waals surface area contributed by atoms with E-state index in [1.54, 1.807) is 0 Å². The van der Waals surface area contributed by atoms with E-state index in [-0.39, 0.29) is 12.5 Å². The van der Waals surface area contributed by atoms with Crippen LogP contribution in [0.2, 0.25) is 0 Å². The quantitative estimate of drug-likeness (QED) is 0.286. The number of aliphatic carboxylic acids is 1. The van der Waals surface area contributed by atoms with Gasteiger partial charge in [0.2, 0.25) is 0 Å². The second-order valence-corrected chi connectivity index (χ2v) is 2.95. The minimum absolute atomic E-state index is 0.0617. The molecule has 0 saturated heterocycles. The molecule has 1 N–H and O–H groups in total. The Kier molecular flexibility index (Phi) is 6.73. The van der Waals surface area contributed by atoms with Gasteiger partial charge in [0.1, 0.15) is 0 Å². The Labute approximate surface area is 77.4 Å². The van der Waals surface area contributed by atoms with E-state index in [9.17, 15) is 4.79 Å². The highest BCUT2D eigenvalue weighted by atomic mass is 16.4. The number of rotatable bonds is 7. The van der Waals surface area contributed by atoms with Gasteiger partial charge in [0, 0.05) is 11.0 Å². The van der Waals surface area contributed by atoms with Crippen molar-refractivity contribution >= 4 is 5.97 Å². The predicted molar refractivity (Wildman–Crippen MR) is 49.3 cm³/mol. The SMILES string of the molecule is CCCCCC(CC(=O)O)N=[N+]=[N-]. The molecule has 13 heavy (non-hydrogen) atoms. The predicted octanol–water partition coefficient (Wildman–Crippen LogP) is 2.72. The average Bonchev–Trinajstić information content (AvgIpc) is 2.04. The van der Waals surface area contributed by atoms with Crippen LogP contribution < -0.4 is 0 Å². The van der Waals surface area contributed by atoms with Crippen LogP contribution in [0.3, 0.4) is 0 Å². The van der Waals surface area contributed by atoms with Crippen molar-refractivity contribution in [3.05, 3.63) is 10.4 Å². The largest absolute Gasteiger partial charge is 0.481 e. The summed E-state index contributed by atoms with van der Waals surface area (Å²) in [7, 11) is 0. The lowest BCUT2D eigenvalue weighted by molar-refractivity contribution is -0.137. The maximum Gasteiger partial charge on any atom is 0.303 e. The molecule has 0 amide bonds. The number of azide groups is 1. The molecule has 0 aliphatic rings. The van der Waals surface area contributed by atoms with Gasteiger partial charge in [-0.15, -0.1) is 0 Å². The molecule has 1 atom stereocenters. The van der Waals surface area contributed by atoms with Crippen molar-refractivity contribution in [1.29, 1.82) is 0 Å². The van der Waals surface area contributed by atoms with Gasteiger partial charge in [-0.3, -0.25) is 4.79 Å². The first kappa shape index (κ1) is 11.8. The molecule has 0 rings (SSSR count). The van der Waals surface area contributed by atoms with Crippen molar-refractivity contribution in [2.24, 2.45) is 5.11 Å². The molecule has 1 unspecified atom stereocenters. The van der Waals surface area contributed by atoms with Gasteiger partial charge in [-0.2, -0.15) is 0 Å². The summed E-state index contributed by atoms with van der Waals surface area (Å²) in [6.07, 6.45) is 3.67. The Morgan fingerprint density at radius 1 is 1.62 bits per heavy atom. The third-order valence-corrected chi connectivity index (χ3v) is 1.77. The highest BCUT2D eigenvalue weighted by molar-refractivity contribution is 5.67. The fourth-order valence-corrected chi connectivity index (χ4v) is 1.11. The Hall–Kier alpha value is -1.22. The number of carbonyl (C=O) groups is 1. The number of hydrogen-bond acceptors (Lipinski definition) is 2. The van der Waals surface area contributed by atoms with Gasteiger partial charge in [-0.1, -0.05) is 31.3 Å². The molecular formula is C8H15N3O2. The molecule has 0 saturated carbocycles. The van der Waals surface area contributed by atoms with Crippen molar-refractivity contribution in [2.45, 2.75) is 45.1 Å². The van der Waals surface area contributed by atoms with Crippen LogP contribution in [0.5, 0.6) is 0 Å². The van der Waals surface area contributed by atoms with Crippen LogP contribution in [0.15, 0.2) is 5.11 Å². The Morgan fingerprint density at radius 2 is 2.31 bits per heavy atom. The minimum atomic E-state index is -0.908. The van der Waals surface area contributed by atoms with Gasteiger partial charge in [0.25, 0.3) is 0 Å². The first-order chi connectivity index (χ1) is 6.20. The van der Waals surface area contributed by atoms with Crippen molar-refractivity contribution in [3.8, 4) is 0 Å². The molecule has 0 heterocycles. The maximum absolute atomic E-state index is 10.3. The summed E-state index contributed by atoms with van der Waals surface area (Å²) in [6.45, 7) is 2.07. The van der Waals surface area contributed by atoms with Crippen LogP contribution in [0, 0.1) is 0 Å². The monoisotopic (exact) mass is 185 g/mol. The van der Waals surface area contributed by atoms with E-state index < -0.39 is 5.97 Å². The first-order valence-corrected chi connectivity index (χ1v) is 4.46. The highest BCUT2D eigenvalue weighted by Gasteiger charge is 2.10. The second-order valence-electron chi connectivity index (χ2n) is 2.95. The van der Waals surface area contributed by atoms with E-state index in [0.717, 1.165) is 19.3 Å². The van der Waals surface area contributed by atoms with E-state index in [4.69, 9.17) is 10.6 Å². The molecule has 0 radical (unpaired) electrons. The second kappa shape index (κ2) is 7.43. The maximum atomic E-state index is 10.3. The zero-order valence-electron chi connectivity index (χ0n) is 7.81. The summed E-state index contributed by atoms with van der Waals surface area (Å²) < 4.78 is 0. The third-order valence-electron chi connectivity index (χ3n) is 1.77. The summed E-state index contributed by atoms with van der Waals surface area (Å²) >= 11 is 0. The molecule has 0 aromatic carbocycles. The zero-order chi connectivity index (χ0) is 10.1. The van der Waals surface area contributed by atoms with Gasteiger partial charge >= 0.3 is 5.97 Å². The first-order valence-electron chi connectivity index (χ1n) is 4.46. The lowest BCUT2D eigenvalue weighted by Gasteiger charge is -2.06. The normalized spacial score (nSPS) is 11.8. The fraction of sp³-hybridized carbons (Fsp3) is 0.875. The van der Waals surface area contributed by atoms with Crippen LogP contribution in [0.4, 0.5) is 0 Å². The molecule has 0 fully saturated rings. The van der Waals surface area contributed by atoms with Crippen LogP contribution in [0.25, 0.3) is 10.4 Å². The lowest BCUT2D eigenvalue weighted by atomic mass is 10.1. The van der Waals surface area contributed by atoms with Crippen LogP contribution in [0.1, 0.15) is 39.0 Å². The van der Waals surface area contributed by atoms with Gasteiger partial charge in [0.05, 0.1) is 6.42 Å². The Morgan fingerprint density at radius 3 is 2.77 bits per heavy atom. The van der Waals surface area contributed by atoms with Crippen molar-refractivity contribution in [3.63, 3.8) is 0 Å². The molecule has 74 valence electrons. The number of hydrogen-bond donors (Lipinski definition) is 1. The van der Waals surface area contributed by atoms with Gasteiger partial charge in [-0.05, 0) is 12.0 Å². The summed E-state index contributed by atoms with van der Waals surface area (Å²) in [5.41, 5.74) is 8.17. The standard InChI is InChI=1S/C8H15N3O2/c1-2-3-4-5-7(10-11-9)6-8(12)13/h7H,2-6H2,1H3,(H,12,13). The minimum Gasteiger partial charge on any atom is -0.481 e. The average molecular weight is 185 g/mol. The topological polar surface area (TPSA) is 86.1 Å². The van der Waals surface area contributed by atoms with Gasteiger partial charge < -0.3 is 5.11 Å². The summed E-state index contributed by atoms with van der Waals surface area (Å²) in [6, 6.07) is -0.381. The molecule has 0 aromatic rings. The summed E-state index contributed by atoms with van der Waals surface area (Å²) in [4.78, 5) is 13.0. The van der Waals surface area contributed by atoms with Crippen LogP contribution in [-0.4, -0.2) is 17.1 Å². The number of nitrogens with zero attached hydrogens (tertiary/aromatic N) is 3. The fourth-order valence-electron chi connectivity index (χ4n) is 1.11. The Balaban J connectivity index is 3.80. The van der Waals surface area contributed by atoms with E-state index in [0.29, 0.717) is 6.42 Å². The van der Waals surface area contributed by atoms with Crippen molar-refractivity contribution in [1.82, 2.24) is 0 Å². The molecule has 0 bridgehead atoms. The number of unbranched alkanes of at least 4 members (excludes halogenated alkanes) is 2. The molecular weight excluding hydrogens is 170 g/mol. The molecule has 0 aromatic heterocycles.